The van der Waals surface area contributed by atoms with Gasteiger partial charge in [-0.3, -0.25) is 14.5 Å². The number of ether oxygens (including phenoxy) is 1. The number of hydrogen-bond donors (Lipinski definition) is 1. The number of rotatable bonds is 5. The maximum absolute atomic E-state index is 13.7. The Bertz CT molecular complexity index is 878. The van der Waals surface area contributed by atoms with Crippen LogP contribution >= 0.6 is 0 Å². The van der Waals surface area contributed by atoms with E-state index in [1.165, 1.54) is 0 Å². The molecule has 1 N–H and O–H groups in total. The van der Waals surface area contributed by atoms with Crippen molar-refractivity contribution >= 4 is 17.5 Å². The van der Waals surface area contributed by atoms with E-state index < -0.39 is 11.6 Å². The van der Waals surface area contributed by atoms with Crippen molar-refractivity contribution in [3.63, 3.8) is 0 Å². The molecule has 0 fully saturated rings. The van der Waals surface area contributed by atoms with Gasteiger partial charge in [-0.15, -0.1) is 0 Å². The molecule has 156 valence electrons. The molecule has 1 aromatic heterocycles. The van der Waals surface area contributed by atoms with Gasteiger partial charge in [0.25, 0.3) is 5.91 Å². The Morgan fingerprint density at radius 3 is 2.38 bits per heavy atom. The highest BCUT2D eigenvalue weighted by Crippen LogP contribution is 2.39. The van der Waals surface area contributed by atoms with Crippen LogP contribution in [0.1, 0.15) is 58.8 Å². The zero-order valence-electron chi connectivity index (χ0n) is 18.1. The summed E-state index contributed by atoms with van der Waals surface area (Å²) in [7, 11) is 1.60. The molecule has 0 unspecified atom stereocenters. The molecular weight excluding hydrogens is 366 g/mol. The van der Waals surface area contributed by atoms with E-state index in [-0.39, 0.29) is 17.9 Å². The average molecular weight is 398 g/mol. The number of carbonyl (C=O) groups excluding carboxylic acids is 2. The minimum atomic E-state index is -0.728. The largest absolute Gasteiger partial charge is 0.497 e. The van der Waals surface area contributed by atoms with Gasteiger partial charge in [0.2, 0.25) is 5.91 Å². The third kappa shape index (κ3) is 4.31. The number of amides is 2. The highest BCUT2D eigenvalue weighted by atomic mass is 16.5. The van der Waals surface area contributed by atoms with E-state index in [0.29, 0.717) is 23.8 Å². The number of fused-ring (bicyclic) bond motifs is 1. The van der Waals surface area contributed by atoms with Crippen LogP contribution < -0.4 is 15.0 Å². The average Bonchev–Trinajstić information content (AvgIpc) is 3.11. The molecule has 3 rings (SSSR count). The summed E-state index contributed by atoms with van der Waals surface area (Å²) in [4.78, 5) is 28.6. The Morgan fingerprint density at radius 2 is 1.83 bits per heavy atom. The van der Waals surface area contributed by atoms with Gasteiger partial charge in [-0.25, -0.2) is 0 Å². The summed E-state index contributed by atoms with van der Waals surface area (Å²) in [5.41, 5.74) is 1.11. The minimum absolute atomic E-state index is 0.0679. The van der Waals surface area contributed by atoms with Gasteiger partial charge in [0, 0.05) is 17.4 Å². The first kappa shape index (κ1) is 21.0. The summed E-state index contributed by atoms with van der Waals surface area (Å²) >= 11 is 0. The summed E-state index contributed by atoms with van der Waals surface area (Å²) < 4.78 is 7.22. The number of hydrogen-bond acceptors (Lipinski definition) is 3. The number of carbonyl (C=O) groups is 2. The molecule has 2 aromatic rings. The van der Waals surface area contributed by atoms with Crippen LogP contribution in [0, 0.1) is 5.92 Å². The lowest BCUT2D eigenvalue weighted by molar-refractivity contribution is -0.130. The topological polar surface area (TPSA) is 63.6 Å². The summed E-state index contributed by atoms with van der Waals surface area (Å²) in [6.07, 6.45) is 2.61. The van der Waals surface area contributed by atoms with Crippen LogP contribution in [0.4, 0.5) is 5.69 Å². The second-order valence-electron chi connectivity index (χ2n) is 9.03. The van der Waals surface area contributed by atoms with Gasteiger partial charge >= 0.3 is 0 Å². The van der Waals surface area contributed by atoms with Gasteiger partial charge in [-0.1, -0.05) is 13.8 Å². The maximum Gasteiger partial charge on any atom is 0.251 e. The monoisotopic (exact) mass is 397 g/mol. The van der Waals surface area contributed by atoms with Gasteiger partial charge in [-0.05, 0) is 69.5 Å². The molecule has 0 saturated heterocycles. The smallest absolute Gasteiger partial charge is 0.251 e. The van der Waals surface area contributed by atoms with Crippen LogP contribution in [0.25, 0.3) is 0 Å². The van der Waals surface area contributed by atoms with Crippen molar-refractivity contribution < 1.29 is 14.3 Å². The van der Waals surface area contributed by atoms with Crippen molar-refractivity contribution in [3.8, 4) is 5.75 Å². The summed E-state index contributed by atoms with van der Waals surface area (Å²) in [6.45, 7) is 10.0. The second kappa shape index (κ2) is 7.93. The SMILES string of the molecule is COc1ccc(N2C(=O)[C@H](CC(C)C)n3cccc3[C@H]2C(=O)NC(C)(C)C)cc1. The van der Waals surface area contributed by atoms with E-state index >= 15 is 0 Å². The fraction of sp³-hybridized carbons (Fsp3) is 0.478. The maximum atomic E-state index is 13.7. The molecule has 2 heterocycles. The molecule has 2 amide bonds. The number of nitrogens with zero attached hydrogens (tertiary/aromatic N) is 2. The van der Waals surface area contributed by atoms with Crippen LogP contribution in [-0.4, -0.2) is 29.0 Å². The van der Waals surface area contributed by atoms with E-state index in [2.05, 4.69) is 19.2 Å². The summed E-state index contributed by atoms with van der Waals surface area (Å²) in [5.74, 6) is 0.791. The van der Waals surface area contributed by atoms with Crippen LogP contribution in [0.15, 0.2) is 42.6 Å². The van der Waals surface area contributed by atoms with E-state index in [4.69, 9.17) is 4.74 Å². The fourth-order valence-electron chi connectivity index (χ4n) is 3.83. The first-order valence-corrected chi connectivity index (χ1v) is 10.1. The van der Waals surface area contributed by atoms with Gasteiger partial charge < -0.3 is 14.6 Å². The number of nitrogens with one attached hydrogen (secondary N) is 1. The zero-order valence-corrected chi connectivity index (χ0v) is 18.1. The van der Waals surface area contributed by atoms with Gasteiger partial charge in [-0.2, -0.15) is 0 Å². The second-order valence-corrected chi connectivity index (χ2v) is 9.03. The van der Waals surface area contributed by atoms with Crippen molar-refractivity contribution in [2.75, 3.05) is 12.0 Å². The van der Waals surface area contributed by atoms with Crippen molar-refractivity contribution in [1.29, 1.82) is 0 Å². The molecule has 0 saturated carbocycles. The van der Waals surface area contributed by atoms with Crippen LogP contribution in [0.5, 0.6) is 5.75 Å². The molecule has 0 spiro atoms. The minimum Gasteiger partial charge on any atom is -0.497 e. The van der Waals surface area contributed by atoms with Crippen LogP contribution in [0.3, 0.4) is 0 Å². The Kier molecular flexibility index (Phi) is 5.73. The molecular formula is C23H31N3O3. The number of benzene rings is 1. The predicted molar refractivity (Wildman–Crippen MR) is 114 cm³/mol. The quantitative estimate of drug-likeness (QED) is 0.827. The summed E-state index contributed by atoms with van der Waals surface area (Å²) in [6, 6.07) is 10.1. The Hall–Kier alpha value is -2.76. The standard InChI is InChI=1S/C23H31N3O3/c1-15(2)14-19-22(28)26(16-9-11-17(29-6)12-10-16)20(18-8-7-13-25(18)19)21(27)24-23(3,4)5/h7-13,15,19-20H,14H2,1-6H3,(H,24,27)/t19-,20-/m0/s1. The molecule has 6 heteroatoms. The van der Waals surface area contributed by atoms with E-state index in [1.807, 2.05) is 67.9 Å². The number of anilines is 1. The molecule has 2 atom stereocenters. The van der Waals surface area contributed by atoms with Crippen molar-refractivity contribution in [3.05, 3.63) is 48.3 Å². The fourth-order valence-corrected chi connectivity index (χ4v) is 3.83. The molecule has 1 aliphatic heterocycles. The molecule has 0 radical (unpaired) electrons. The molecule has 0 bridgehead atoms. The number of aromatic nitrogens is 1. The van der Waals surface area contributed by atoms with Gasteiger partial charge in [0.15, 0.2) is 6.04 Å². The van der Waals surface area contributed by atoms with Crippen molar-refractivity contribution in [2.45, 2.75) is 58.7 Å². The highest BCUT2D eigenvalue weighted by Gasteiger charge is 2.44. The van der Waals surface area contributed by atoms with Crippen molar-refractivity contribution in [1.82, 2.24) is 9.88 Å². The van der Waals surface area contributed by atoms with Crippen molar-refractivity contribution in [2.24, 2.45) is 5.92 Å². The van der Waals surface area contributed by atoms with Crippen LogP contribution in [0.2, 0.25) is 0 Å². The van der Waals surface area contributed by atoms with E-state index in [1.54, 1.807) is 12.0 Å². The van der Waals surface area contributed by atoms with Gasteiger partial charge in [0.1, 0.15) is 11.8 Å². The van der Waals surface area contributed by atoms with Gasteiger partial charge in [0.05, 0.1) is 12.8 Å². The van der Waals surface area contributed by atoms with E-state index in [9.17, 15) is 9.59 Å². The molecule has 1 aliphatic rings. The van der Waals surface area contributed by atoms with Crippen LogP contribution in [-0.2, 0) is 9.59 Å². The predicted octanol–water partition coefficient (Wildman–Crippen LogP) is 4.09. The first-order chi connectivity index (χ1) is 13.6. The lowest BCUT2D eigenvalue weighted by Gasteiger charge is -2.41. The summed E-state index contributed by atoms with van der Waals surface area (Å²) in [5, 5.41) is 3.05. The lowest BCUT2D eigenvalue weighted by atomic mass is 9.96. The normalized spacial score (nSPS) is 19.3. The number of methoxy groups -OCH3 is 1. The highest BCUT2D eigenvalue weighted by molar-refractivity contribution is 6.04. The molecule has 0 aliphatic carbocycles. The Morgan fingerprint density at radius 1 is 1.17 bits per heavy atom. The lowest BCUT2D eigenvalue weighted by Crippen LogP contribution is -2.54. The molecule has 1 aromatic carbocycles. The van der Waals surface area contributed by atoms with E-state index in [0.717, 1.165) is 5.69 Å². The Balaban J connectivity index is 2.11. The Labute approximate surface area is 172 Å². The third-order valence-corrected chi connectivity index (χ3v) is 5.00. The third-order valence-electron chi connectivity index (χ3n) is 5.00. The molecule has 29 heavy (non-hydrogen) atoms. The zero-order chi connectivity index (χ0) is 21.3. The molecule has 6 nitrogen and oxygen atoms in total. The first-order valence-electron chi connectivity index (χ1n) is 10.1.